The molecule has 6 nitrogen and oxygen atoms in total. The number of nitrogens with zero attached hydrogens (tertiary/aromatic N) is 3. The van der Waals surface area contributed by atoms with E-state index in [4.69, 9.17) is 0 Å². The SMILES string of the molecule is CCc1ccccc1-c1cc(CN2CC[C@@]3(C[C@@H]2C)CN(C)S(=O)(=O)N3c2cccc(F)c2)ccc1O. The van der Waals surface area contributed by atoms with Crippen molar-refractivity contribution < 1.29 is 17.9 Å². The molecule has 2 aliphatic rings. The van der Waals surface area contributed by atoms with Crippen LogP contribution in [-0.2, 0) is 23.2 Å². The molecule has 2 aliphatic heterocycles. The Balaban J connectivity index is 1.40. The van der Waals surface area contributed by atoms with Gasteiger partial charge in [0, 0.05) is 38.3 Å². The molecular formula is C29H34FN3O3S. The Morgan fingerprint density at radius 2 is 1.84 bits per heavy atom. The molecular weight excluding hydrogens is 489 g/mol. The molecule has 0 aliphatic carbocycles. The van der Waals surface area contributed by atoms with Crippen molar-refractivity contribution in [2.75, 3.05) is 24.4 Å². The lowest BCUT2D eigenvalue weighted by molar-refractivity contribution is 0.100. The lowest BCUT2D eigenvalue weighted by Crippen LogP contribution is -2.57. The van der Waals surface area contributed by atoms with E-state index in [-0.39, 0.29) is 11.8 Å². The number of hydrogen-bond acceptors (Lipinski definition) is 4. The van der Waals surface area contributed by atoms with Gasteiger partial charge in [-0.1, -0.05) is 43.3 Å². The van der Waals surface area contributed by atoms with Crippen molar-refractivity contribution in [3.05, 3.63) is 83.7 Å². The van der Waals surface area contributed by atoms with Crippen LogP contribution >= 0.6 is 0 Å². The Kier molecular flexibility index (Phi) is 6.77. The molecule has 1 spiro atoms. The van der Waals surface area contributed by atoms with Gasteiger partial charge >= 0.3 is 10.2 Å². The van der Waals surface area contributed by atoms with Gasteiger partial charge in [-0.15, -0.1) is 0 Å². The van der Waals surface area contributed by atoms with E-state index in [1.54, 1.807) is 25.2 Å². The summed E-state index contributed by atoms with van der Waals surface area (Å²) in [5.41, 5.74) is 3.91. The molecule has 196 valence electrons. The van der Waals surface area contributed by atoms with Gasteiger partial charge in [0.25, 0.3) is 0 Å². The molecule has 2 atom stereocenters. The molecule has 2 heterocycles. The summed E-state index contributed by atoms with van der Waals surface area (Å²) in [5, 5.41) is 10.6. The summed E-state index contributed by atoms with van der Waals surface area (Å²) in [6.07, 6.45) is 2.15. The van der Waals surface area contributed by atoms with Gasteiger partial charge in [0.05, 0.1) is 11.2 Å². The Labute approximate surface area is 219 Å². The largest absolute Gasteiger partial charge is 0.507 e. The predicted octanol–water partition coefficient (Wildman–Crippen LogP) is 5.18. The molecule has 2 saturated heterocycles. The van der Waals surface area contributed by atoms with Crippen LogP contribution in [-0.4, -0.2) is 54.4 Å². The number of likely N-dealkylation sites (tertiary alicyclic amines) is 1. The molecule has 0 unspecified atom stereocenters. The first-order valence-electron chi connectivity index (χ1n) is 12.8. The number of anilines is 1. The number of aryl methyl sites for hydroxylation is 1. The van der Waals surface area contributed by atoms with Gasteiger partial charge < -0.3 is 5.11 Å². The van der Waals surface area contributed by atoms with E-state index in [0.29, 0.717) is 38.2 Å². The molecule has 37 heavy (non-hydrogen) atoms. The number of aromatic hydroxyl groups is 1. The molecule has 0 saturated carbocycles. The van der Waals surface area contributed by atoms with Crippen LogP contribution in [0.5, 0.6) is 5.75 Å². The van der Waals surface area contributed by atoms with Crippen molar-refractivity contribution >= 4 is 15.9 Å². The highest BCUT2D eigenvalue weighted by atomic mass is 32.2. The Bertz CT molecular complexity index is 1410. The van der Waals surface area contributed by atoms with E-state index in [9.17, 15) is 17.9 Å². The lowest BCUT2D eigenvalue weighted by atomic mass is 9.82. The molecule has 0 amide bonds. The van der Waals surface area contributed by atoms with E-state index in [1.165, 1.54) is 26.3 Å². The van der Waals surface area contributed by atoms with Gasteiger partial charge in [-0.05, 0) is 73.2 Å². The Hall–Kier alpha value is -2.94. The third-order valence-corrected chi connectivity index (χ3v) is 9.89. The third-order valence-electron chi connectivity index (χ3n) is 7.91. The van der Waals surface area contributed by atoms with Gasteiger partial charge in [0.15, 0.2) is 0 Å². The van der Waals surface area contributed by atoms with Crippen molar-refractivity contribution in [1.29, 1.82) is 0 Å². The van der Waals surface area contributed by atoms with Crippen LogP contribution in [0.1, 0.15) is 37.8 Å². The zero-order valence-electron chi connectivity index (χ0n) is 21.6. The summed E-state index contributed by atoms with van der Waals surface area (Å²) in [7, 11) is -2.14. The number of hydrogen-bond donors (Lipinski definition) is 1. The van der Waals surface area contributed by atoms with Crippen LogP contribution < -0.4 is 4.31 Å². The highest BCUT2D eigenvalue weighted by molar-refractivity contribution is 7.90. The van der Waals surface area contributed by atoms with Gasteiger partial charge in [-0.2, -0.15) is 12.7 Å². The van der Waals surface area contributed by atoms with Crippen molar-refractivity contribution in [3.8, 4) is 16.9 Å². The number of benzene rings is 3. The second-order valence-corrected chi connectivity index (χ2v) is 12.3. The van der Waals surface area contributed by atoms with E-state index < -0.39 is 21.6 Å². The van der Waals surface area contributed by atoms with E-state index >= 15 is 0 Å². The Morgan fingerprint density at radius 1 is 1.05 bits per heavy atom. The molecule has 3 aromatic rings. The molecule has 0 aromatic heterocycles. The maximum Gasteiger partial charge on any atom is 0.304 e. The van der Waals surface area contributed by atoms with E-state index in [0.717, 1.165) is 23.1 Å². The van der Waals surface area contributed by atoms with E-state index in [1.807, 2.05) is 24.3 Å². The third kappa shape index (κ3) is 4.62. The summed E-state index contributed by atoms with van der Waals surface area (Å²) >= 11 is 0. The lowest BCUT2D eigenvalue weighted by Gasteiger charge is -2.47. The van der Waals surface area contributed by atoms with Gasteiger partial charge in [0.1, 0.15) is 11.6 Å². The average molecular weight is 524 g/mol. The second kappa shape index (κ2) is 9.74. The maximum atomic E-state index is 14.1. The Morgan fingerprint density at radius 3 is 2.57 bits per heavy atom. The monoisotopic (exact) mass is 523 g/mol. The predicted molar refractivity (Wildman–Crippen MR) is 145 cm³/mol. The molecule has 5 rings (SSSR count). The summed E-state index contributed by atoms with van der Waals surface area (Å²) < 4.78 is 43.5. The standard InChI is InChI=1S/C29H34FN3O3S/c1-4-23-8-5-6-11-26(23)27-16-22(12-13-28(27)34)19-32-15-14-29(18-21(32)2)20-31(3)37(35,36)33(29)25-10-7-9-24(30)17-25/h5-13,16-17,21,34H,4,14-15,18-20H2,1-3H3/t21-,29+/m0/s1. The number of phenolic OH excluding ortho intramolecular Hbond substituents is 1. The first-order chi connectivity index (χ1) is 17.6. The van der Waals surface area contributed by atoms with Crippen LogP contribution in [0.3, 0.4) is 0 Å². The summed E-state index contributed by atoms with van der Waals surface area (Å²) in [4.78, 5) is 2.36. The van der Waals surface area contributed by atoms with Crippen LogP contribution in [0.15, 0.2) is 66.7 Å². The first kappa shape index (κ1) is 25.7. The fourth-order valence-corrected chi connectivity index (χ4v) is 7.87. The summed E-state index contributed by atoms with van der Waals surface area (Å²) in [6.45, 7) is 6.02. The quantitative estimate of drug-likeness (QED) is 0.501. The van der Waals surface area contributed by atoms with Crippen molar-refractivity contribution in [2.24, 2.45) is 0 Å². The topological polar surface area (TPSA) is 64.1 Å². The zero-order chi connectivity index (χ0) is 26.4. The van der Waals surface area contributed by atoms with Crippen LogP contribution in [0.2, 0.25) is 0 Å². The number of halogens is 1. The maximum absolute atomic E-state index is 14.1. The van der Waals surface area contributed by atoms with Crippen LogP contribution in [0.4, 0.5) is 10.1 Å². The van der Waals surface area contributed by atoms with Crippen molar-refractivity contribution in [1.82, 2.24) is 9.21 Å². The second-order valence-electron chi connectivity index (χ2n) is 10.4. The molecule has 2 fully saturated rings. The van der Waals surface area contributed by atoms with E-state index in [2.05, 4.69) is 30.9 Å². The average Bonchev–Trinajstić information content (AvgIpc) is 3.05. The number of rotatable bonds is 5. The summed E-state index contributed by atoms with van der Waals surface area (Å²) in [6, 6.07) is 19.9. The number of phenols is 1. The molecule has 0 radical (unpaired) electrons. The highest BCUT2D eigenvalue weighted by Crippen LogP contribution is 2.44. The van der Waals surface area contributed by atoms with Gasteiger partial charge in [0.2, 0.25) is 0 Å². The molecule has 3 aromatic carbocycles. The van der Waals surface area contributed by atoms with Crippen molar-refractivity contribution in [3.63, 3.8) is 0 Å². The van der Waals surface area contributed by atoms with Gasteiger partial charge in [-0.3, -0.25) is 9.21 Å². The smallest absolute Gasteiger partial charge is 0.304 e. The normalized spacial score (nSPS) is 24.1. The van der Waals surface area contributed by atoms with Crippen LogP contribution in [0.25, 0.3) is 11.1 Å². The number of piperidine rings is 1. The highest BCUT2D eigenvalue weighted by Gasteiger charge is 2.55. The zero-order valence-corrected chi connectivity index (χ0v) is 22.4. The molecule has 8 heteroatoms. The van der Waals surface area contributed by atoms with Crippen LogP contribution in [0, 0.1) is 5.82 Å². The molecule has 1 N–H and O–H groups in total. The van der Waals surface area contributed by atoms with Gasteiger partial charge in [-0.25, -0.2) is 4.39 Å². The fraction of sp³-hybridized carbons (Fsp3) is 0.379. The molecule has 0 bridgehead atoms. The minimum atomic E-state index is -3.74. The minimum Gasteiger partial charge on any atom is -0.507 e. The summed E-state index contributed by atoms with van der Waals surface area (Å²) in [5.74, 6) is -0.184. The minimum absolute atomic E-state index is 0.103. The van der Waals surface area contributed by atoms with Crippen molar-refractivity contribution in [2.45, 2.75) is 51.2 Å². The fourth-order valence-electron chi connectivity index (χ4n) is 6.09. The number of likely N-dealkylation sites (N-methyl/N-ethyl adjacent to an activating group) is 1. The first-order valence-corrected chi connectivity index (χ1v) is 14.2.